The molecule has 3 aromatic carbocycles. The summed E-state index contributed by atoms with van der Waals surface area (Å²) in [5.74, 6) is 0.413. The molecule has 7 nitrogen and oxygen atoms in total. The zero-order chi connectivity index (χ0) is 27.8. The second-order valence-corrected chi connectivity index (χ2v) is 10.2. The summed E-state index contributed by atoms with van der Waals surface area (Å²) in [5, 5.41) is 4.17. The molecule has 0 spiro atoms. The van der Waals surface area contributed by atoms with Crippen LogP contribution in [0.2, 0.25) is 0 Å². The van der Waals surface area contributed by atoms with Crippen molar-refractivity contribution >= 4 is 39.6 Å². The maximum absolute atomic E-state index is 12.8. The molecule has 39 heavy (non-hydrogen) atoms. The van der Waals surface area contributed by atoms with Gasteiger partial charge in [0.2, 0.25) is 11.8 Å². The van der Waals surface area contributed by atoms with Crippen LogP contribution in [0.5, 0.6) is 11.5 Å². The van der Waals surface area contributed by atoms with Gasteiger partial charge in [-0.25, -0.2) is 5.43 Å². The van der Waals surface area contributed by atoms with Crippen LogP contribution in [0.15, 0.2) is 82.9 Å². The molecule has 0 saturated carbocycles. The SMILES string of the molecule is C=CCc1cc(/C=N/NC(=O)[C@H]2CC(=O)N(c3ccc(C)cc3)C2)cc(OCC)c1OCc1ccc(Br)cc1. The number of benzene rings is 3. The minimum atomic E-state index is -0.472. The first-order chi connectivity index (χ1) is 18.9. The predicted molar refractivity (Wildman–Crippen MR) is 157 cm³/mol. The fourth-order valence-corrected chi connectivity index (χ4v) is 4.61. The molecule has 1 heterocycles. The standard InChI is InChI=1S/C31H32BrN3O4/c1-4-6-24-15-23(16-28(38-5-2)30(24)39-20-22-9-11-26(32)12-10-22)18-33-34-31(37)25-17-29(36)35(19-25)27-13-7-21(3)8-14-27/h4,7-16,18,25H,1,5-6,17,19-20H2,2-3H3,(H,34,37)/b33-18+/t25-/m0/s1. The zero-order valence-electron chi connectivity index (χ0n) is 22.2. The molecule has 4 rings (SSSR count). The van der Waals surface area contributed by atoms with Crippen molar-refractivity contribution in [1.29, 1.82) is 0 Å². The molecule has 0 aliphatic carbocycles. The first kappa shape index (κ1) is 28.1. The van der Waals surface area contributed by atoms with E-state index in [1.54, 1.807) is 17.2 Å². The molecule has 0 radical (unpaired) electrons. The van der Waals surface area contributed by atoms with Crippen molar-refractivity contribution in [3.63, 3.8) is 0 Å². The van der Waals surface area contributed by atoms with Crippen molar-refractivity contribution in [2.75, 3.05) is 18.1 Å². The lowest BCUT2D eigenvalue weighted by Crippen LogP contribution is -2.30. The van der Waals surface area contributed by atoms with Crippen molar-refractivity contribution < 1.29 is 19.1 Å². The lowest BCUT2D eigenvalue weighted by molar-refractivity contribution is -0.126. The van der Waals surface area contributed by atoms with E-state index in [1.165, 1.54) is 0 Å². The van der Waals surface area contributed by atoms with Gasteiger partial charge in [0.1, 0.15) is 6.61 Å². The second-order valence-electron chi connectivity index (χ2n) is 9.32. The molecule has 0 aromatic heterocycles. The Morgan fingerprint density at radius 3 is 2.59 bits per heavy atom. The minimum Gasteiger partial charge on any atom is -0.490 e. The van der Waals surface area contributed by atoms with E-state index >= 15 is 0 Å². The number of halogens is 1. The van der Waals surface area contributed by atoms with Gasteiger partial charge in [0.15, 0.2) is 11.5 Å². The summed E-state index contributed by atoms with van der Waals surface area (Å²) >= 11 is 3.45. The molecule has 1 aliphatic rings. The molecule has 1 N–H and O–H groups in total. The van der Waals surface area contributed by atoms with Crippen LogP contribution in [-0.2, 0) is 22.6 Å². The van der Waals surface area contributed by atoms with Crippen LogP contribution in [0.1, 0.15) is 35.6 Å². The topological polar surface area (TPSA) is 80.2 Å². The Labute approximate surface area is 237 Å². The van der Waals surface area contributed by atoms with E-state index in [9.17, 15) is 9.59 Å². The summed E-state index contributed by atoms with van der Waals surface area (Å²) < 4.78 is 13.1. The fourth-order valence-electron chi connectivity index (χ4n) is 4.35. The van der Waals surface area contributed by atoms with Crippen LogP contribution in [-0.4, -0.2) is 31.2 Å². The summed E-state index contributed by atoms with van der Waals surface area (Å²) in [6.45, 7) is 8.96. The number of amides is 2. The number of rotatable bonds is 11. The van der Waals surface area contributed by atoms with Crippen LogP contribution in [0.25, 0.3) is 0 Å². The van der Waals surface area contributed by atoms with Crippen LogP contribution in [0, 0.1) is 12.8 Å². The zero-order valence-corrected chi connectivity index (χ0v) is 23.7. The molecule has 1 atom stereocenters. The smallest absolute Gasteiger partial charge is 0.245 e. The monoisotopic (exact) mass is 589 g/mol. The maximum atomic E-state index is 12.8. The highest BCUT2D eigenvalue weighted by atomic mass is 79.9. The van der Waals surface area contributed by atoms with E-state index in [4.69, 9.17) is 9.47 Å². The van der Waals surface area contributed by atoms with Crippen LogP contribution in [0.4, 0.5) is 5.69 Å². The molecule has 202 valence electrons. The van der Waals surface area contributed by atoms with Gasteiger partial charge >= 0.3 is 0 Å². The summed E-state index contributed by atoms with van der Waals surface area (Å²) in [7, 11) is 0. The number of nitrogens with one attached hydrogen (secondary N) is 1. The van der Waals surface area contributed by atoms with Crippen molar-refractivity contribution in [1.82, 2.24) is 5.43 Å². The molecule has 0 unspecified atom stereocenters. The Balaban J connectivity index is 1.44. The number of anilines is 1. The van der Waals surface area contributed by atoms with E-state index in [1.807, 2.05) is 74.5 Å². The summed E-state index contributed by atoms with van der Waals surface area (Å²) in [6.07, 6.45) is 4.09. The number of carbonyl (C=O) groups is 2. The van der Waals surface area contributed by atoms with Gasteiger partial charge in [0.25, 0.3) is 0 Å². The minimum absolute atomic E-state index is 0.0721. The highest BCUT2D eigenvalue weighted by Gasteiger charge is 2.35. The maximum Gasteiger partial charge on any atom is 0.245 e. The molecular formula is C31H32BrN3O4. The van der Waals surface area contributed by atoms with Gasteiger partial charge < -0.3 is 14.4 Å². The average molecular weight is 591 g/mol. The van der Waals surface area contributed by atoms with E-state index < -0.39 is 5.92 Å². The Hall–Kier alpha value is -3.91. The number of hydrogen-bond donors (Lipinski definition) is 1. The fraction of sp³-hybridized carbons (Fsp3) is 0.258. The van der Waals surface area contributed by atoms with Gasteiger partial charge in [-0.15, -0.1) is 6.58 Å². The molecule has 1 aliphatic heterocycles. The van der Waals surface area contributed by atoms with Crippen molar-refractivity contribution in [3.8, 4) is 11.5 Å². The van der Waals surface area contributed by atoms with Crippen molar-refractivity contribution in [3.05, 3.63) is 100 Å². The lowest BCUT2D eigenvalue weighted by Gasteiger charge is -2.17. The van der Waals surface area contributed by atoms with E-state index in [0.717, 1.165) is 32.4 Å². The first-order valence-electron chi connectivity index (χ1n) is 12.9. The molecule has 1 fully saturated rings. The molecule has 8 heteroatoms. The third kappa shape index (κ3) is 7.35. The Morgan fingerprint density at radius 2 is 1.90 bits per heavy atom. The highest BCUT2D eigenvalue weighted by molar-refractivity contribution is 9.10. The predicted octanol–water partition coefficient (Wildman–Crippen LogP) is 5.97. The normalized spacial score (nSPS) is 15.0. The molecule has 3 aromatic rings. The third-order valence-electron chi connectivity index (χ3n) is 6.34. The van der Waals surface area contributed by atoms with Crippen LogP contribution < -0.4 is 19.8 Å². The molecular weight excluding hydrogens is 558 g/mol. The van der Waals surface area contributed by atoms with Gasteiger partial charge in [-0.05, 0) is 67.8 Å². The van der Waals surface area contributed by atoms with E-state index in [0.29, 0.717) is 37.7 Å². The highest BCUT2D eigenvalue weighted by Crippen LogP contribution is 2.34. The quantitative estimate of drug-likeness (QED) is 0.170. The Kier molecular flexibility index (Phi) is 9.54. The van der Waals surface area contributed by atoms with Gasteiger partial charge in [-0.1, -0.05) is 51.8 Å². The average Bonchev–Trinajstić information content (AvgIpc) is 3.31. The largest absolute Gasteiger partial charge is 0.490 e. The van der Waals surface area contributed by atoms with Gasteiger partial charge in [-0.2, -0.15) is 5.10 Å². The second kappa shape index (κ2) is 13.2. The summed E-state index contributed by atoms with van der Waals surface area (Å²) in [5.41, 5.74) is 7.19. The molecule has 0 bridgehead atoms. The van der Waals surface area contributed by atoms with Gasteiger partial charge in [-0.3, -0.25) is 9.59 Å². The van der Waals surface area contributed by atoms with Gasteiger partial charge in [0, 0.05) is 28.7 Å². The number of carbonyl (C=O) groups excluding carboxylic acids is 2. The summed E-state index contributed by atoms with van der Waals surface area (Å²) in [4.78, 5) is 27.0. The lowest BCUT2D eigenvalue weighted by atomic mass is 10.1. The first-order valence-corrected chi connectivity index (χ1v) is 13.6. The Bertz CT molecular complexity index is 1350. The number of hydrogen-bond acceptors (Lipinski definition) is 5. The van der Waals surface area contributed by atoms with Gasteiger partial charge in [0.05, 0.1) is 18.7 Å². The van der Waals surface area contributed by atoms with Crippen LogP contribution >= 0.6 is 15.9 Å². The van der Waals surface area contributed by atoms with Crippen LogP contribution in [0.3, 0.4) is 0 Å². The number of hydrazone groups is 1. The molecule has 2 amide bonds. The van der Waals surface area contributed by atoms with E-state index in [-0.39, 0.29) is 18.2 Å². The van der Waals surface area contributed by atoms with Crippen molar-refractivity contribution in [2.24, 2.45) is 11.0 Å². The van der Waals surface area contributed by atoms with Crippen molar-refractivity contribution in [2.45, 2.75) is 33.3 Å². The van der Waals surface area contributed by atoms with E-state index in [2.05, 4.69) is 33.0 Å². The molecule has 1 saturated heterocycles. The third-order valence-corrected chi connectivity index (χ3v) is 6.87. The number of ether oxygens (including phenoxy) is 2. The number of nitrogens with zero attached hydrogens (tertiary/aromatic N) is 2. The Morgan fingerprint density at radius 1 is 1.15 bits per heavy atom. The number of aryl methyl sites for hydroxylation is 1. The number of allylic oxidation sites excluding steroid dienone is 1. The summed E-state index contributed by atoms with van der Waals surface area (Å²) in [6, 6.07) is 19.4.